The molecule has 1 heterocycles. The highest BCUT2D eigenvalue weighted by Gasteiger charge is 2.25. The second-order valence-corrected chi connectivity index (χ2v) is 9.79. The fraction of sp³-hybridized carbons (Fsp3) is 0.400. The van der Waals surface area contributed by atoms with E-state index < -0.39 is 11.1 Å². The van der Waals surface area contributed by atoms with E-state index in [1.54, 1.807) is 19.1 Å². The van der Waals surface area contributed by atoms with Gasteiger partial charge in [-0.2, -0.15) is 0 Å². The number of nitrogens with one attached hydrogen (secondary N) is 1. The average molecular weight is 471 g/mol. The van der Waals surface area contributed by atoms with Crippen molar-refractivity contribution in [3.8, 4) is 5.75 Å². The molecule has 6 nitrogen and oxygen atoms in total. The van der Waals surface area contributed by atoms with E-state index in [2.05, 4.69) is 35.4 Å². The number of hydrogen-bond acceptors (Lipinski definition) is 5. The average Bonchev–Trinajstić information content (AvgIpc) is 3.19. The topological polar surface area (TPSA) is 69.0 Å². The van der Waals surface area contributed by atoms with Crippen LogP contribution in [0.3, 0.4) is 0 Å². The Morgan fingerprint density at radius 2 is 1.67 bits per heavy atom. The Labute approximate surface area is 199 Å². The summed E-state index contributed by atoms with van der Waals surface area (Å²) in [6.07, 6.45) is -0.336. The summed E-state index contributed by atoms with van der Waals surface area (Å²) in [6, 6.07) is 14.2. The molecule has 3 aromatic rings. The van der Waals surface area contributed by atoms with Gasteiger partial charge >= 0.3 is 0 Å². The maximum absolute atomic E-state index is 13.9. The van der Waals surface area contributed by atoms with Gasteiger partial charge in [0.05, 0.1) is 10.9 Å². The molecular formula is C25H31FN4O2S. The number of carbonyl (C=O) groups excluding carboxylic acids is 1. The van der Waals surface area contributed by atoms with E-state index in [1.807, 2.05) is 43.5 Å². The number of carbonyl (C=O) groups is 1. The normalized spacial score (nSPS) is 13.2. The van der Waals surface area contributed by atoms with Gasteiger partial charge in [-0.3, -0.25) is 4.79 Å². The lowest BCUT2D eigenvalue weighted by atomic mass is 10.0. The number of amides is 1. The van der Waals surface area contributed by atoms with Crippen molar-refractivity contribution in [1.29, 1.82) is 0 Å². The smallest absolute Gasteiger partial charge is 0.237 e. The molecule has 1 aromatic heterocycles. The third kappa shape index (κ3) is 5.93. The Kier molecular flexibility index (Phi) is 8.13. The summed E-state index contributed by atoms with van der Waals surface area (Å²) < 4.78 is 22.2. The molecule has 176 valence electrons. The van der Waals surface area contributed by atoms with Gasteiger partial charge in [0.2, 0.25) is 5.91 Å². The van der Waals surface area contributed by atoms with Crippen molar-refractivity contribution in [2.24, 2.45) is 0 Å². The zero-order chi connectivity index (χ0) is 24.1. The highest BCUT2D eigenvalue weighted by atomic mass is 32.2. The molecule has 0 aliphatic heterocycles. The van der Waals surface area contributed by atoms with Crippen LogP contribution < -0.4 is 10.1 Å². The van der Waals surface area contributed by atoms with Crippen molar-refractivity contribution < 1.29 is 13.9 Å². The molecule has 0 radical (unpaired) electrons. The number of benzene rings is 2. The lowest BCUT2D eigenvalue weighted by Gasteiger charge is -2.21. The number of para-hydroxylation sites is 2. The Morgan fingerprint density at radius 3 is 2.33 bits per heavy atom. The summed E-state index contributed by atoms with van der Waals surface area (Å²) in [5.41, 5.74) is 1.29. The predicted molar refractivity (Wildman–Crippen MR) is 130 cm³/mol. The van der Waals surface area contributed by atoms with Crippen LogP contribution in [0, 0.1) is 5.82 Å². The molecule has 8 heteroatoms. The third-order valence-electron chi connectivity index (χ3n) is 5.20. The van der Waals surface area contributed by atoms with E-state index in [9.17, 15) is 9.18 Å². The van der Waals surface area contributed by atoms with E-state index in [4.69, 9.17) is 4.74 Å². The number of aromatic nitrogens is 3. The molecular weight excluding hydrogens is 439 g/mol. The number of anilines is 1. The van der Waals surface area contributed by atoms with Gasteiger partial charge in [0.15, 0.2) is 17.1 Å². The minimum atomic E-state index is -0.503. The van der Waals surface area contributed by atoms with E-state index in [1.165, 1.54) is 23.9 Å². The summed E-state index contributed by atoms with van der Waals surface area (Å²) in [5.74, 6) is 1.07. The minimum absolute atomic E-state index is 0.0609. The van der Waals surface area contributed by atoms with Crippen LogP contribution in [0.25, 0.3) is 0 Å². The monoisotopic (exact) mass is 470 g/mol. The summed E-state index contributed by atoms with van der Waals surface area (Å²) in [4.78, 5) is 12.7. The number of thioether (sulfide) groups is 1. The summed E-state index contributed by atoms with van der Waals surface area (Å²) in [6.45, 7) is 12.0. The molecule has 1 amide bonds. The van der Waals surface area contributed by atoms with E-state index >= 15 is 0 Å². The Bertz CT molecular complexity index is 1100. The van der Waals surface area contributed by atoms with Crippen LogP contribution in [-0.2, 0) is 4.79 Å². The van der Waals surface area contributed by atoms with Gasteiger partial charge in [0.25, 0.3) is 0 Å². The first kappa shape index (κ1) is 24.8. The number of nitrogens with zero attached hydrogens (tertiary/aromatic N) is 3. The molecule has 33 heavy (non-hydrogen) atoms. The highest BCUT2D eigenvalue weighted by Crippen LogP contribution is 2.33. The van der Waals surface area contributed by atoms with Crippen molar-refractivity contribution >= 4 is 23.4 Å². The van der Waals surface area contributed by atoms with E-state index in [0.717, 1.165) is 11.3 Å². The largest absolute Gasteiger partial charge is 0.482 e. The van der Waals surface area contributed by atoms with Gasteiger partial charge in [0, 0.05) is 6.04 Å². The van der Waals surface area contributed by atoms with Crippen molar-refractivity contribution in [3.05, 3.63) is 65.7 Å². The van der Waals surface area contributed by atoms with Crippen LogP contribution in [0.1, 0.15) is 71.0 Å². The molecule has 0 saturated carbocycles. The Balaban J connectivity index is 1.78. The quantitative estimate of drug-likeness (QED) is 0.368. The lowest BCUT2D eigenvalue weighted by Crippen LogP contribution is -2.24. The number of hydrogen-bond donors (Lipinski definition) is 1. The molecule has 2 atom stereocenters. The molecule has 1 N–H and O–H groups in total. The van der Waals surface area contributed by atoms with Crippen molar-refractivity contribution in [1.82, 2.24) is 14.8 Å². The first-order valence-electron chi connectivity index (χ1n) is 11.1. The molecule has 0 bridgehead atoms. The highest BCUT2D eigenvalue weighted by molar-refractivity contribution is 8.00. The first-order chi connectivity index (χ1) is 15.7. The van der Waals surface area contributed by atoms with Crippen LogP contribution in [0.4, 0.5) is 10.1 Å². The van der Waals surface area contributed by atoms with Gasteiger partial charge in [-0.15, -0.1) is 10.2 Å². The van der Waals surface area contributed by atoms with Crippen LogP contribution >= 0.6 is 11.8 Å². The molecule has 0 fully saturated rings. The van der Waals surface area contributed by atoms with Crippen LogP contribution in [0.2, 0.25) is 0 Å². The molecule has 0 saturated heterocycles. The molecule has 2 unspecified atom stereocenters. The van der Waals surface area contributed by atoms with Gasteiger partial charge in [-0.25, -0.2) is 4.39 Å². The van der Waals surface area contributed by atoms with Gasteiger partial charge < -0.3 is 14.6 Å². The van der Waals surface area contributed by atoms with Crippen LogP contribution in [0.5, 0.6) is 5.75 Å². The number of halogens is 1. The number of rotatable bonds is 9. The molecule has 0 spiro atoms. The van der Waals surface area contributed by atoms with Gasteiger partial charge in [-0.1, -0.05) is 55.9 Å². The zero-order valence-corrected chi connectivity index (χ0v) is 20.7. The molecule has 2 aromatic carbocycles. The van der Waals surface area contributed by atoms with Gasteiger partial charge in [0.1, 0.15) is 11.6 Å². The zero-order valence-electron chi connectivity index (χ0n) is 19.9. The summed E-state index contributed by atoms with van der Waals surface area (Å²) in [5, 5.41) is 11.5. The first-order valence-corrected chi connectivity index (χ1v) is 12.0. The molecule has 3 rings (SSSR count). The Hall–Kier alpha value is -2.87. The maximum Gasteiger partial charge on any atom is 0.237 e. The van der Waals surface area contributed by atoms with Crippen LogP contribution in [-0.4, -0.2) is 25.9 Å². The fourth-order valence-electron chi connectivity index (χ4n) is 3.45. The second kappa shape index (κ2) is 10.8. The third-order valence-corrected chi connectivity index (χ3v) is 6.26. The second-order valence-electron chi connectivity index (χ2n) is 8.49. The molecule has 0 aliphatic carbocycles. The van der Waals surface area contributed by atoms with Gasteiger partial charge in [-0.05, 0) is 57.4 Å². The standard InChI is InChI=1S/C25H31FN4O2S/c1-15(2)19-11-7-10-14-22(19)32-17(5)23-28-29-25(30(23)16(3)4)33-18(6)24(31)27-21-13-9-8-12-20(21)26/h7-18H,1-6H3,(H,27,31). The van der Waals surface area contributed by atoms with E-state index in [0.29, 0.717) is 16.9 Å². The van der Waals surface area contributed by atoms with Crippen molar-refractivity contribution in [2.45, 2.75) is 70.0 Å². The SMILES string of the molecule is CC(Sc1nnc(C(C)Oc2ccccc2C(C)C)n1C(C)C)C(=O)Nc1ccccc1F. The fourth-order valence-corrected chi connectivity index (χ4v) is 4.44. The number of ether oxygens (including phenoxy) is 1. The Morgan fingerprint density at radius 1 is 1.00 bits per heavy atom. The minimum Gasteiger partial charge on any atom is -0.482 e. The molecule has 0 aliphatic rings. The maximum atomic E-state index is 13.9. The summed E-state index contributed by atoms with van der Waals surface area (Å²) >= 11 is 1.28. The van der Waals surface area contributed by atoms with Crippen LogP contribution in [0.15, 0.2) is 53.7 Å². The summed E-state index contributed by atoms with van der Waals surface area (Å²) in [7, 11) is 0. The predicted octanol–water partition coefficient (Wildman–Crippen LogP) is 6.38. The van der Waals surface area contributed by atoms with Crippen molar-refractivity contribution in [2.75, 3.05) is 5.32 Å². The lowest BCUT2D eigenvalue weighted by molar-refractivity contribution is -0.115. The van der Waals surface area contributed by atoms with Crippen molar-refractivity contribution in [3.63, 3.8) is 0 Å². The van der Waals surface area contributed by atoms with E-state index in [-0.39, 0.29) is 23.7 Å².